The van der Waals surface area contributed by atoms with Crippen molar-refractivity contribution in [1.29, 1.82) is 0 Å². The molecule has 1 aliphatic rings. The second-order valence-corrected chi connectivity index (χ2v) is 4.55. The van der Waals surface area contributed by atoms with Crippen LogP contribution in [0.25, 0.3) is 0 Å². The number of carbonyl (C=O) groups excluding carboxylic acids is 1. The molecule has 92 valence electrons. The van der Waals surface area contributed by atoms with E-state index in [1.54, 1.807) is 11.0 Å². The Morgan fingerprint density at radius 1 is 1.24 bits per heavy atom. The molecular formula is C13H17FN2O. The molecule has 0 saturated carbocycles. The monoisotopic (exact) mass is 236 g/mol. The van der Waals surface area contributed by atoms with Crippen molar-refractivity contribution in [1.82, 2.24) is 9.80 Å². The molecule has 0 spiro atoms. The zero-order valence-electron chi connectivity index (χ0n) is 10.2. The quantitative estimate of drug-likeness (QED) is 0.738. The number of piperazine rings is 1. The second-order valence-electron chi connectivity index (χ2n) is 4.55. The van der Waals surface area contributed by atoms with Crippen LogP contribution in [-0.4, -0.2) is 48.9 Å². The summed E-state index contributed by atoms with van der Waals surface area (Å²) >= 11 is 0. The first-order valence-corrected chi connectivity index (χ1v) is 5.82. The highest BCUT2D eigenvalue weighted by Crippen LogP contribution is 2.14. The lowest BCUT2D eigenvalue weighted by molar-refractivity contribution is 0.0663. The first kappa shape index (κ1) is 12.0. The topological polar surface area (TPSA) is 23.6 Å². The lowest BCUT2D eigenvalue weighted by atomic mass is 10.1. The zero-order valence-corrected chi connectivity index (χ0v) is 10.2. The normalized spacial score (nSPS) is 17.2. The maximum absolute atomic E-state index is 13.2. The van der Waals surface area contributed by atoms with Crippen LogP contribution in [0.5, 0.6) is 0 Å². The number of halogens is 1. The molecule has 0 aliphatic carbocycles. The first-order chi connectivity index (χ1) is 8.08. The van der Waals surface area contributed by atoms with Gasteiger partial charge in [-0.15, -0.1) is 0 Å². The van der Waals surface area contributed by atoms with Gasteiger partial charge in [0, 0.05) is 31.7 Å². The Kier molecular flexibility index (Phi) is 3.43. The fourth-order valence-electron chi connectivity index (χ4n) is 2.00. The summed E-state index contributed by atoms with van der Waals surface area (Å²) in [6.07, 6.45) is 0. The van der Waals surface area contributed by atoms with E-state index >= 15 is 0 Å². The highest BCUT2D eigenvalue weighted by Gasteiger charge is 2.21. The van der Waals surface area contributed by atoms with Gasteiger partial charge in [-0.1, -0.05) is 6.07 Å². The number of hydrogen-bond donors (Lipinski definition) is 0. The van der Waals surface area contributed by atoms with Gasteiger partial charge in [-0.3, -0.25) is 4.79 Å². The molecule has 1 heterocycles. The second kappa shape index (κ2) is 4.84. The Hall–Kier alpha value is -1.42. The van der Waals surface area contributed by atoms with Gasteiger partial charge in [-0.25, -0.2) is 4.39 Å². The summed E-state index contributed by atoms with van der Waals surface area (Å²) in [7, 11) is 2.04. The molecule has 1 amide bonds. The standard InChI is InChI=1S/C13H17FN2O/c1-10-3-4-11(14)9-12(10)13(17)16-7-5-15(2)6-8-16/h3-4,9H,5-8H2,1-2H3. The molecule has 1 aromatic carbocycles. The van der Waals surface area contributed by atoms with Crippen LogP contribution >= 0.6 is 0 Å². The number of rotatable bonds is 1. The van der Waals surface area contributed by atoms with Gasteiger partial charge in [0.25, 0.3) is 5.91 Å². The summed E-state index contributed by atoms with van der Waals surface area (Å²) in [6.45, 7) is 5.01. The Morgan fingerprint density at radius 3 is 2.53 bits per heavy atom. The molecule has 0 unspecified atom stereocenters. The molecule has 1 aliphatic heterocycles. The van der Waals surface area contributed by atoms with E-state index in [0.717, 1.165) is 18.7 Å². The molecule has 0 aromatic heterocycles. The Labute approximate surface area is 101 Å². The van der Waals surface area contributed by atoms with Crippen molar-refractivity contribution in [3.05, 3.63) is 35.1 Å². The molecule has 1 aromatic rings. The lowest BCUT2D eigenvalue weighted by Crippen LogP contribution is -2.47. The summed E-state index contributed by atoms with van der Waals surface area (Å²) in [5.41, 5.74) is 1.31. The third-order valence-electron chi connectivity index (χ3n) is 3.22. The smallest absolute Gasteiger partial charge is 0.254 e. The van der Waals surface area contributed by atoms with Crippen LogP contribution in [0.2, 0.25) is 0 Å². The van der Waals surface area contributed by atoms with Gasteiger partial charge in [0.1, 0.15) is 5.82 Å². The van der Waals surface area contributed by atoms with Crippen LogP contribution in [0.15, 0.2) is 18.2 Å². The number of carbonyl (C=O) groups is 1. The molecule has 0 radical (unpaired) electrons. The Balaban J connectivity index is 2.16. The highest BCUT2D eigenvalue weighted by atomic mass is 19.1. The molecule has 1 saturated heterocycles. The molecule has 0 bridgehead atoms. The van der Waals surface area contributed by atoms with Gasteiger partial charge in [-0.05, 0) is 31.7 Å². The van der Waals surface area contributed by atoms with Crippen molar-refractivity contribution in [3.63, 3.8) is 0 Å². The molecule has 17 heavy (non-hydrogen) atoms. The molecule has 4 heteroatoms. The molecule has 2 rings (SSSR count). The minimum absolute atomic E-state index is 0.0601. The molecule has 1 fully saturated rings. The van der Waals surface area contributed by atoms with E-state index in [0.29, 0.717) is 18.7 Å². The van der Waals surface area contributed by atoms with Crippen molar-refractivity contribution in [2.24, 2.45) is 0 Å². The van der Waals surface area contributed by atoms with Crippen molar-refractivity contribution >= 4 is 5.91 Å². The number of benzene rings is 1. The maximum Gasteiger partial charge on any atom is 0.254 e. The van der Waals surface area contributed by atoms with E-state index in [9.17, 15) is 9.18 Å². The van der Waals surface area contributed by atoms with E-state index < -0.39 is 0 Å². The molecule has 0 atom stereocenters. The summed E-state index contributed by atoms with van der Waals surface area (Å²) in [4.78, 5) is 16.2. The molecule has 3 nitrogen and oxygen atoms in total. The van der Waals surface area contributed by atoms with Crippen LogP contribution < -0.4 is 0 Å². The van der Waals surface area contributed by atoms with E-state index in [1.807, 2.05) is 14.0 Å². The average Bonchev–Trinajstić information content (AvgIpc) is 2.32. The van der Waals surface area contributed by atoms with Crippen molar-refractivity contribution in [2.75, 3.05) is 33.2 Å². The predicted molar refractivity (Wildman–Crippen MR) is 64.5 cm³/mol. The van der Waals surface area contributed by atoms with E-state index in [-0.39, 0.29) is 11.7 Å². The Bertz CT molecular complexity index is 425. The lowest BCUT2D eigenvalue weighted by Gasteiger charge is -2.32. The largest absolute Gasteiger partial charge is 0.336 e. The van der Waals surface area contributed by atoms with Gasteiger partial charge in [-0.2, -0.15) is 0 Å². The van der Waals surface area contributed by atoms with E-state index in [4.69, 9.17) is 0 Å². The number of aryl methyl sites for hydroxylation is 1. The van der Waals surface area contributed by atoms with Gasteiger partial charge in [0.2, 0.25) is 0 Å². The maximum atomic E-state index is 13.2. The van der Waals surface area contributed by atoms with Crippen LogP contribution in [0.1, 0.15) is 15.9 Å². The first-order valence-electron chi connectivity index (χ1n) is 5.82. The number of hydrogen-bond acceptors (Lipinski definition) is 2. The van der Waals surface area contributed by atoms with E-state index in [1.165, 1.54) is 12.1 Å². The number of nitrogens with zero attached hydrogens (tertiary/aromatic N) is 2. The predicted octanol–water partition coefficient (Wildman–Crippen LogP) is 1.52. The Morgan fingerprint density at radius 2 is 1.88 bits per heavy atom. The van der Waals surface area contributed by atoms with Gasteiger partial charge in [0.15, 0.2) is 0 Å². The van der Waals surface area contributed by atoms with Crippen LogP contribution in [0.4, 0.5) is 4.39 Å². The van der Waals surface area contributed by atoms with E-state index in [2.05, 4.69) is 4.90 Å². The van der Waals surface area contributed by atoms with Crippen LogP contribution in [0, 0.1) is 12.7 Å². The summed E-state index contributed by atoms with van der Waals surface area (Å²) in [5, 5.41) is 0. The van der Waals surface area contributed by atoms with Crippen molar-refractivity contribution in [2.45, 2.75) is 6.92 Å². The summed E-state index contributed by atoms with van der Waals surface area (Å²) in [5.74, 6) is -0.414. The average molecular weight is 236 g/mol. The molecular weight excluding hydrogens is 219 g/mol. The summed E-state index contributed by atoms with van der Waals surface area (Å²) < 4.78 is 13.2. The third kappa shape index (κ3) is 2.64. The fourth-order valence-corrected chi connectivity index (χ4v) is 2.00. The minimum Gasteiger partial charge on any atom is -0.336 e. The zero-order chi connectivity index (χ0) is 12.4. The number of likely N-dealkylation sites (N-methyl/N-ethyl adjacent to an activating group) is 1. The number of amides is 1. The van der Waals surface area contributed by atoms with Gasteiger partial charge < -0.3 is 9.80 Å². The minimum atomic E-state index is -0.354. The SMILES string of the molecule is Cc1ccc(F)cc1C(=O)N1CCN(C)CC1. The van der Waals surface area contributed by atoms with Crippen LogP contribution in [0.3, 0.4) is 0 Å². The van der Waals surface area contributed by atoms with Crippen molar-refractivity contribution < 1.29 is 9.18 Å². The van der Waals surface area contributed by atoms with Crippen molar-refractivity contribution in [3.8, 4) is 0 Å². The van der Waals surface area contributed by atoms with Crippen LogP contribution in [-0.2, 0) is 0 Å². The highest BCUT2D eigenvalue weighted by molar-refractivity contribution is 5.95. The van der Waals surface area contributed by atoms with Gasteiger partial charge >= 0.3 is 0 Å². The summed E-state index contributed by atoms with van der Waals surface area (Å²) in [6, 6.07) is 4.37. The van der Waals surface area contributed by atoms with Gasteiger partial charge in [0.05, 0.1) is 0 Å². The third-order valence-corrected chi connectivity index (χ3v) is 3.22. The fraction of sp³-hybridized carbons (Fsp3) is 0.462. The molecule has 0 N–H and O–H groups in total.